The normalized spacial score (nSPS) is 11.1. The number of hydrogen-bond acceptors (Lipinski definition) is 5. The zero-order valence-electron chi connectivity index (χ0n) is 17.7. The van der Waals surface area contributed by atoms with Crippen LogP contribution in [0.2, 0.25) is 0 Å². The summed E-state index contributed by atoms with van der Waals surface area (Å²) < 4.78 is 16.0. The number of guanidine groups is 1. The first-order valence-corrected chi connectivity index (χ1v) is 9.52. The molecule has 0 heterocycles. The van der Waals surface area contributed by atoms with Crippen molar-refractivity contribution in [1.29, 1.82) is 0 Å². The van der Waals surface area contributed by atoms with E-state index < -0.39 is 0 Å². The lowest BCUT2D eigenvalue weighted by molar-refractivity contribution is -0.127. The Balaban J connectivity index is 2.54. The summed E-state index contributed by atoms with van der Waals surface area (Å²) in [5.74, 6) is 2.07. The maximum absolute atomic E-state index is 11.7. The minimum atomic E-state index is -0.0467. The summed E-state index contributed by atoms with van der Waals surface area (Å²) in [6, 6.07) is 5.99. The molecule has 0 spiro atoms. The Hall–Kier alpha value is -2.48. The van der Waals surface area contributed by atoms with Crippen molar-refractivity contribution in [2.24, 2.45) is 4.99 Å². The van der Waals surface area contributed by atoms with Crippen LogP contribution in [0.1, 0.15) is 18.9 Å². The Morgan fingerprint density at radius 3 is 2.54 bits per heavy atom. The van der Waals surface area contributed by atoms with Gasteiger partial charge in [-0.3, -0.25) is 4.79 Å². The zero-order chi connectivity index (χ0) is 20.8. The largest absolute Gasteiger partial charge is 0.493 e. The third kappa shape index (κ3) is 8.94. The first kappa shape index (κ1) is 23.6. The highest BCUT2D eigenvalue weighted by molar-refractivity contribution is 5.84. The van der Waals surface area contributed by atoms with Crippen LogP contribution in [-0.2, 0) is 16.0 Å². The predicted octanol–water partition coefficient (Wildman–Crippen LogP) is 1.30. The van der Waals surface area contributed by atoms with Crippen molar-refractivity contribution in [1.82, 2.24) is 15.5 Å². The zero-order valence-corrected chi connectivity index (χ0v) is 17.7. The minimum absolute atomic E-state index is 0.0467. The number of benzene rings is 1. The molecule has 1 amide bonds. The average Bonchev–Trinajstić information content (AvgIpc) is 2.69. The van der Waals surface area contributed by atoms with Gasteiger partial charge in [-0.25, -0.2) is 4.99 Å². The Labute approximate surface area is 168 Å². The van der Waals surface area contributed by atoms with Crippen LogP contribution in [-0.4, -0.2) is 77.9 Å². The van der Waals surface area contributed by atoms with Crippen molar-refractivity contribution >= 4 is 11.9 Å². The second-order valence-corrected chi connectivity index (χ2v) is 6.32. The molecule has 1 aromatic rings. The van der Waals surface area contributed by atoms with E-state index in [2.05, 4.69) is 15.6 Å². The molecule has 0 aliphatic heterocycles. The number of hydrogen-bond donors (Lipinski definition) is 2. The fourth-order valence-electron chi connectivity index (χ4n) is 2.38. The number of aryl methyl sites for hydroxylation is 1. The van der Waals surface area contributed by atoms with Crippen molar-refractivity contribution in [2.75, 3.05) is 61.2 Å². The average molecular weight is 395 g/mol. The smallest absolute Gasteiger partial charge is 0.243 e. The van der Waals surface area contributed by atoms with Gasteiger partial charge in [0.05, 0.1) is 20.3 Å². The lowest BCUT2D eigenvalue weighted by Crippen LogP contribution is -2.40. The van der Waals surface area contributed by atoms with Crippen LogP contribution in [0, 0.1) is 0 Å². The van der Waals surface area contributed by atoms with Crippen molar-refractivity contribution in [2.45, 2.75) is 19.8 Å². The van der Waals surface area contributed by atoms with Crippen LogP contribution < -0.4 is 20.1 Å². The summed E-state index contributed by atoms with van der Waals surface area (Å²) in [5, 5.41) is 6.42. The number of nitrogens with one attached hydrogen (secondary N) is 2. The van der Waals surface area contributed by atoms with Gasteiger partial charge in [0.15, 0.2) is 17.5 Å². The summed E-state index contributed by atoms with van der Waals surface area (Å²) in [6.45, 7) is 4.56. The van der Waals surface area contributed by atoms with Crippen molar-refractivity contribution < 1.29 is 19.0 Å². The van der Waals surface area contributed by atoms with E-state index in [1.165, 1.54) is 10.5 Å². The van der Waals surface area contributed by atoms with Crippen LogP contribution in [0.4, 0.5) is 0 Å². The maximum Gasteiger partial charge on any atom is 0.243 e. The molecular weight excluding hydrogens is 360 g/mol. The van der Waals surface area contributed by atoms with E-state index in [9.17, 15) is 4.79 Å². The second-order valence-electron chi connectivity index (χ2n) is 6.32. The van der Waals surface area contributed by atoms with Gasteiger partial charge < -0.3 is 29.7 Å². The van der Waals surface area contributed by atoms with Gasteiger partial charge in [-0.05, 0) is 37.5 Å². The molecule has 0 aliphatic carbocycles. The summed E-state index contributed by atoms with van der Waals surface area (Å²) in [7, 11) is 6.72. The van der Waals surface area contributed by atoms with Gasteiger partial charge in [0, 0.05) is 34.3 Å². The van der Waals surface area contributed by atoms with Crippen LogP contribution >= 0.6 is 0 Å². The Bertz CT molecular complexity index is 620. The summed E-state index contributed by atoms with van der Waals surface area (Å²) in [5.41, 5.74) is 1.18. The van der Waals surface area contributed by atoms with Gasteiger partial charge in [0.1, 0.15) is 6.54 Å². The summed E-state index contributed by atoms with van der Waals surface area (Å²) in [4.78, 5) is 17.6. The van der Waals surface area contributed by atoms with E-state index >= 15 is 0 Å². The molecule has 1 rings (SSSR count). The maximum atomic E-state index is 11.7. The topological polar surface area (TPSA) is 84.4 Å². The highest BCUT2D eigenvalue weighted by Crippen LogP contribution is 2.28. The highest BCUT2D eigenvalue weighted by Gasteiger charge is 2.06. The molecule has 8 nitrogen and oxygen atoms in total. The van der Waals surface area contributed by atoms with E-state index in [1.807, 2.05) is 25.1 Å². The molecule has 1 aromatic carbocycles. The molecule has 0 unspecified atom stereocenters. The Kier molecular flexibility index (Phi) is 11.5. The third-order valence-electron chi connectivity index (χ3n) is 3.93. The Morgan fingerprint density at radius 2 is 1.89 bits per heavy atom. The number of ether oxygens (including phenoxy) is 3. The van der Waals surface area contributed by atoms with Gasteiger partial charge in [0.25, 0.3) is 0 Å². The van der Waals surface area contributed by atoms with E-state index in [0.29, 0.717) is 25.7 Å². The standard InChI is InChI=1S/C20H34N4O4/c1-6-28-18-14-16(9-10-17(18)27-5)8-7-11-21-20(22-12-13-26-4)23-15-19(25)24(2)3/h9-10,14H,6-8,11-13,15H2,1-5H3,(H2,21,22,23). The van der Waals surface area contributed by atoms with E-state index in [1.54, 1.807) is 28.3 Å². The molecule has 0 aliphatic rings. The van der Waals surface area contributed by atoms with Crippen molar-refractivity contribution in [3.63, 3.8) is 0 Å². The van der Waals surface area contributed by atoms with Crippen LogP contribution in [0.15, 0.2) is 23.2 Å². The highest BCUT2D eigenvalue weighted by atomic mass is 16.5. The first-order valence-electron chi connectivity index (χ1n) is 9.52. The van der Waals surface area contributed by atoms with Crippen LogP contribution in [0.3, 0.4) is 0 Å². The summed E-state index contributed by atoms with van der Waals surface area (Å²) in [6.07, 6.45) is 1.80. The molecule has 0 bridgehead atoms. The number of nitrogens with zero attached hydrogens (tertiary/aromatic N) is 2. The van der Waals surface area contributed by atoms with Gasteiger partial charge in [-0.2, -0.15) is 0 Å². The second kappa shape index (κ2) is 13.7. The fraction of sp³-hybridized carbons (Fsp3) is 0.600. The van der Waals surface area contributed by atoms with Crippen LogP contribution in [0.5, 0.6) is 11.5 Å². The molecule has 158 valence electrons. The number of aliphatic imine (C=N–C) groups is 1. The van der Waals surface area contributed by atoms with Crippen molar-refractivity contribution in [3.05, 3.63) is 23.8 Å². The van der Waals surface area contributed by atoms with Gasteiger partial charge in [-0.1, -0.05) is 6.07 Å². The van der Waals surface area contributed by atoms with E-state index in [0.717, 1.165) is 30.9 Å². The summed E-state index contributed by atoms with van der Waals surface area (Å²) >= 11 is 0. The number of rotatable bonds is 12. The molecule has 2 N–H and O–H groups in total. The molecule has 0 atom stereocenters. The van der Waals surface area contributed by atoms with Crippen molar-refractivity contribution in [3.8, 4) is 11.5 Å². The number of amides is 1. The predicted molar refractivity (Wildman–Crippen MR) is 111 cm³/mol. The number of methoxy groups -OCH3 is 2. The lowest BCUT2D eigenvalue weighted by atomic mass is 10.1. The third-order valence-corrected chi connectivity index (χ3v) is 3.93. The number of carbonyl (C=O) groups is 1. The van der Waals surface area contributed by atoms with Crippen LogP contribution in [0.25, 0.3) is 0 Å². The van der Waals surface area contributed by atoms with Gasteiger partial charge >= 0.3 is 0 Å². The van der Waals surface area contributed by atoms with Gasteiger partial charge in [-0.15, -0.1) is 0 Å². The molecule has 8 heteroatoms. The number of carbonyl (C=O) groups excluding carboxylic acids is 1. The molecule has 0 fully saturated rings. The first-order chi connectivity index (χ1) is 13.5. The molecule has 0 saturated carbocycles. The minimum Gasteiger partial charge on any atom is -0.493 e. The molecule has 0 aromatic heterocycles. The lowest BCUT2D eigenvalue weighted by Gasteiger charge is -2.14. The van der Waals surface area contributed by atoms with Gasteiger partial charge in [0.2, 0.25) is 5.91 Å². The van der Waals surface area contributed by atoms with E-state index in [-0.39, 0.29) is 12.5 Å². The molecular formula is C20H34N4O4. The molecule has 28 heavy (non-hydrogen) atoms. The van der Waals surface area contributed by atoms with E-state index in [4.69, 9.17) is 14.2 Å². The molecule has 0 saturated heterocycles. The molecule has 0 radical (unpaired) electrons. The fourth-order valence-corrected chi connectivity index (χ4v) is 2.38. The monoisotopic (exact) mass is 394 g/mol. The quantitative estimate of drug-likeness (QED) is 0.316. The number of likely N-dealkylation sites (N-methyl/N-ethyl adjacent to an activating group) is 1. The Morgan fingerprint density at radius 1 is 1.14 bits per heavy atom. The SMILES string of the molecule is CCOc1cc(CCCNC(=NCC(=O)N(C)C)NCCOC)ccc1OC.